The van der Waals surface area contributed by atoms with E-state index in [4.69, 9.17) is 14.2 Å². The van der Waals surface area contributed by atoms with Crippen LogP contribution in [0.1, 0.15) is 23.6 Å². The molecule has 0 radical (unpaired) electrons. The van der Waals surface area contributed by atoms with E-state index >= 15 is 0 Å². The maximum absolute atomic E-state index is 5.57. The van der Waals surface area contributed by atoms with Gasteiger partial charge in [-0.05, 0) is 48.2 Å². The van der Waals surface area contributed by atoms with Crippen LogP contribution in [0.5, 0.6) is 17.2 Å². The highest BCUT2D eigenvalue weighted by atomic mass is 127. The topological polar surface area (TPSA) is 64.1 Å². The van der Waals surface area contributed by atoms with Crippen LogP contribution in [0.25, 0.3) is 0 Å². The average molecular weight is 495 g/mol. The molecule has 7 heteroatoms. The van der Waals surface area contributed by atoms with Gasteiger partial charge in [-0.25, -0.2) is 4.99 Å². The van der Waals surface area contributed by atoms with Crippen molar-refractivity contribution in [1.82, 2.24) is 10.6 Å². The van der Waals surface area contributed by atoms with E-state index in [9.17, 15) is 0 Å². The Morgan fingerprint density at radius 2 is 1.79 bits per heavy atom. The summed E-state index contributed by atoms with van der Waals surface area (Å²) < 4.78 is 16.3. The Balaban J connectivity index is 0.00000225. The molecule has 6 nitrogen and oxygen atoms in total. The summed E-state index contributed by atoms with van der Waals surface area (Å²) in [6.45, 7) is 5.39. The molecule has 2 heterocycles. The van der Waals surface area contributed by atoms with Gasteiger partial charge in [0.25, 0.3) is 0 Å². The minimum absolute atomic E-state index is 0. The van der Waals surface area contributed by atoms with Crippen molar-refractivity contribution in [2.24, 2.45) is 4.99 Å². The first-order chi connectivity index (χ1) is 13.3. The quantitative estimate of drug-likeness (QED) is 0.366. The lowest BCUT2D eigenvalue weighted by atomic mass is 10.1. The summed E-state index contributed by atoms with van der Waals surface area (Å²) in [5.41, 5.74) is 3.73. The normalized spacial score (nSPS) is 14.1. The summed E-state index contributed by atoms with van der Waals surface area (Å²) in [4.78, 5) is 4.68. The Kier molecular flexibility index (Phi) is 7.24. The first kappa shape index (κ1) is 20.6. The lowest BCUT2D eigenvalue weighted by molar-refractivity contribution is 0.174. The largest absolute Gasteiger partial charge is 0.493 e. The number of aliphatic imine (C=N–C) groups is 1. The third-order valence-electron chi connectivity index (χ3n) is 4.66. The molecule has 0 spiro atoms. The number of guanidine groups is 1. The molecule has 4 rings (SSSR count). The van der Waals surface area contributed by atoms with Gasteiger partial charge in [0.05, 0.1) is 13.2 Å². The van der Waals surface area contributed by atoms with Crippen LogP contribution in [-0.2, 0) is 19.4 Å². The van der Waals surface area contributed by atoms with E-state index in [-0.39, 0.29) is 24.0 Å². The predicted octanol–water partition coefficient (Wildman–Crippen LogP) is 3.27. The zero-order chi connectivity index (χ0) is 18.5. The van der Waals surface area contributed by atoms with Gasteiger partial charge in [0, 0.05) is 19.5 Å². The van der Waals surface area contributed by atoms with Gasteiger partial charge < -0.3 is 24.8 Å². The zero-order valence-corrected chi connectivity index (χ0v) is 18.3. The highest BCUT2D eigenvalue weighted by molar-refractivity contribution is 14.0. The molecule has 0 bridgehead atoms. The van der Waals surface area contributed by atoms with Crippen LogP contribution in [0.4, 0.5) is 0 Å². The van der Waals surface area contributed by atoms with Crippen LogP contribution in [0, 0.1) is 0 Å². The number of hydrogen-bond donors (Lipinski definition) is 2. The summed E-state index contributed by atoms with van der Waals surface area (Å²) in [6.07, 6.45) is 1.96. The van der Waals surface area contributed by atoms with E-state index < -0.39 is 0 Å². The van der Waals surface area contributed by atoms with Gasteiger partial charge >= 0.3 is 0 Å². The molecule has 2 N–H and O–H groups in total. The second kappa shape index (κ2) is 9.86. The summed E-state index contributed by atoms with van der Waals surface area (Å²) >= 11 is 0. The van der Waals surface area contributed by atoms with Crippen LogP contribution in [0.15, 0.2) is 41.4 Å². The molecule has 28 heavy (non-hydrogen) atoms. The predicted molar refractivity (Wildman–Crippen MR) is 120 cm³/mol. The average Bonchev–Trinajstić information content (AvgIpc) is 3.34. The summed E-state index contributed by atoms with van der Waals surface area (Å²) in [5, 5.41) is 6.71. The van der Waals surface area contributed by atoms with Crippen molar-refractivity contribution in [3.63, 3.8) is 0 Å². The van der Waals surface area contributed by atoms with Gasteiger partial charge in [-0.2, -0.15) is 0 Å². The smallest absolute Gasteiger partial charge is 0.231 e. The Hall–Kier alpha value is -2.16. The highest BCUT2D eigenvalue weighted by Crippen LogP contribution is 2.32. The molecule has 150 valence electrons. The van der Waals surface area contributed by atoms with Crippen LogP contribution < -0.4 is 24.8 Å². The second-order valence-electron chi connectivity index (χ2n) is 6.60. The molecular formula is C21H26IN3O3. The van der Waals surface area contributed by atoms with E-state index in [1.54, 1.807) is 0 Å². The van der Waals surface area contributed by atoms with Gasteiger partial charge in [-0.3, -0.25) is 0 Å². The molecule has 0 aliphatic carbocycles. The number of halogens is 1. The Morgan fingerprint density at radius 3 is 2.68 bits per heavy atom. The molecule has 0 saturated heterocycles. The lowest BCUT2D eigenvalue weighted by Crippen LogP contribution is -2.38. The molecular weight excluding hydrogens is 469 g/mol. The maximum atomic E-state index is 5.57. The van der Waals surface area contributed by atoms with Crippen molar-refractivity contribution in [3.05, 3.63) is 53.1 Å². The number of fused-ring (bicyclic) bond motifs is 2. The van der Waals surface area contributed by atoms with Crippen LogP contribution in [-0.4, -0.2) is 32.4 Å². The zero-order valence-electron chi connectivity index (χ0n) is 16.0. The number of rotatable bonds is 6. The van der Waals surface area contributed by atoms with Gasteiger partial charge in [-0.1, -0.05) is 18.2 Å². The Labute approximate surface area is 182 Å². The van der Waals surface area contributed by atoms with Gasteiger partial charge in [-0.15, -0.1) is 24.0 Å². The molecule has 0 saturated carbocycles. The van der Waals surface area contributed by atoms with Crippen molar-refractivity contribution in [2.45, 2.75) is 26.3 Å². The molecule has 2 aliphatic heterocycles. The van der Waals surface area contributed by atoms with E-state index in [2.05, 4.69) is 40.7 Å². The minimum Gasteiger partial charge on any atom is -0.493 e. The van der Waals surface area contributed by atoms with Gasteiger partial charge in [0.1, 0.15) is 5.75 Å². The first-order valence-corrected chi connectivity index (χ1v) is 9.47. The van der Waals surface area contributed by atoms with Gasteiger partial charge in [0.15, 0.2) is 17.5 Å². The van der Waals surface area contributed by atoms with Crippen LogP contribution >= 0.6 is 24.0 Å². The summed E-state index contributed by atoms with van der Waals surface area (Å²) in [5.74, 6) is 3.44. The molecule has 0 fully saturated rings. The molecule has 0 atom stereocenters. The maximum Gasteiger partial charge on any atom is 0.231 e. The number of ether oxygens (including phenoxy) is 3. The van der Waals surface area contributed by atoms with E-state index in [0.717, 1.165) is 61.3 Å². The molecule has 0 amide bonds. The highest BCUT2D eigenvalue weighted by Gasteiger charge is 2.13. The third-order valence-corrected chi connectivity index (χ3v) is 4.66. The number of benzene rings is 2. The Morgan fingerprint density at radius 1 is 0.964 bits per heavy atom. The van der Waals surface area contributed by atoms with Crippen molar-refractivity contribution >= 4 is 29.9 Å². The van der Waals surface area contributed by atoms with Crippen molar-refractivity contribution in [1.29, 1.82) is 0 Å². The number of hydrogen-bond acceptors (Lipinski definition) is 4. The van der Waals surface area contributed by atoms with Crippen molar-refractivity contribution < 1.29 is 14.2 Å². The summed E-state index contributed by atoms with van der Waals surface area (Å²) in [7, 11) is 0. The standard InChI is InChI=1S/C21H25N3O3.HI/c1-2-22-21(24-13-16-4-6-19-20(12-16)27-14-26-19)23-9-7-15-3-5-18-17(11-15)8-10-25-18;/h3-6,11-12H,2,7-10,13-14H2,1H3,(H2,22,23,24);1H. The van der Waals surface area contributed by atoms with E-state index in [1.165, 1.54) is 11.1 Å². The lowest BCUT2D eigenvalue weighted by Gasteiger charge is -2.12. The monoisotopic (exact) mass is 495 g/mol. The molecule has 2 aromatic rings. The fourth-order valence-electron chi connectivity index (χ4n) is 3.27. The van der Waals surface area contributed by atoms with Crippen LogP contribution in [0.2, 0.25) is 0 Å². The minimum atomic E-state index is 0. The first-order valence-electron chi connectivity index (χ1n) is 9.47. The molecule has 0 unspecified atom stereocenters. The fraction of sp³-hybridized carbons (Fsp3) is 0.381. The number of nitrogens with one attached hydrogen (secondary N) is 2. The number of nitrogens with zero attached hydrogens (tertiary/aromatic N) is 1. The molecule has 2 aliphatic rings. The van der Waals surface area contributed by atoms with Crippen molar-refractivity contribution in [3.8, 4) is 17.2 Å². The van der Waals surface area contributed by atoms with Gasteiger partial charge in [0.2, 0.25) is 6.79 Å². The van der Waals surface area contributed by atoms with Crippen molar-refractivity contribution in [2.75, 3.05) is 26.5 Å². The third kappa shape index (κ3) is 5.01. The molecule has 0 aromatic heterocycles. The SMILES string of the molecule is CCNC(=NCc1ccc2c(c1)OCO2)NCCc1ccc2c(c1)CCO2.I. The molecule has 2 aromatic carbocycles. The van der Waals surface area contributed by atoms with E-state index in [1.807, 2.05) is 18.2 Å². The van der Waals surface area contributed by atoms with E-state index in [0.29, 0.717) is 13.3 Å². The fourth-order valence-corrected chi connectivity index (χ4v) is 3.27. The second-order valence-corrected chi connectivity index (χ2v) is 6.60. The summed E-state index contributed by atoms with van der Waals surface area (Å²) in [6, 6.07) is 12.4. The Bertz CT molecular complexity index is 842. The van der Waals surface area contributed by atoms with Crippen LogP contribution in [0.3, 0.4) is 0 Å².